The first kappa shape index (κ1) is 8.94. The molecule has 1 rings (SSSR count). The predicted octanol–water partition coefficient (Wildman–Crippen LogP) is 1.24. The minimum atomic E-state index is -0.813. The first-order valence-corrected chi connectivity index (χ1v) is 4.24. The van der Waals surface area contributed by atoms with Crippen LogP contribution in [0.4, 0.5) is 4.39 Å². The van der Waals surface area contributed by atoms with Crippen molar-refractivity contribution in [2.24, 2.45) is 5.73 Å². The molecule has 0 saturated heterocycles. The van der Waals surface area contributed by atoms with Crippen LogP contribution in [0, 0.1) is 0 Å². The van der Waals surface area contributed by atoms with Gasteiger partial charge in [-0.15, -0.1) is 0 Å². The van der Waals surface area contributed by atoms with Gasteiger partial charge in [0.05, 0.1) is 6.61 Å². The molecule has 0 bridgehead atoms. The van der Waals surface area contributed by atoms with E-state index in [4.69, 9.17) is 10.5 Å². The molecule has 0 radical (unpaired) electrons. The van der Waals surface area contributed by atoms with Gasteiger partial charge < -0.3 is 10.5 Å². The lowest BCUT2D eigenvalue weighted by Gasteiger charge is -2.04. The summed E-state index contributed by atoms with van der Waals surface area (Å²) in [7, 11) is 0. The van der Waals surface area contributed by atoms with Gasteiger partial charge in [0, 0.05) is 13.2 Å². The standard InChI is InChI=1S/C8H16FNO/c9-8(3-4-8)2-1-6-11-7-5-10/h1-7,10H2. The van der Waals surface area contributed by atoms with Gasteiger partial charge >= 0.3 is 0 Å². The maximum absolute atomic E-state index is 12.9. The Kier molecular flexibility index (Phi) is 3.27. The lowest BCUT2D eigenvalue weighted by molar-refractivity contribution is 0.128. The quantitative estimate of drug-likeness (QED) is 0.595. The predicted molar refractivity (Wildman–Crippen MR) is 42.2 cm³/mol. The third kappa shape index (κ3) is 3.68. The van der Waals surface area contributed by atoms with Crippen molar-refractivity contribution in [3.05, 3.63) is 0 Å². The van der Waals surface area contributed by atoms with E-state index in [9.17, 15) is 4.39 Å². The number of hydrogen-bond donors (Lipinski definition) is 1. The Morgan fingerprint density at radius 1 is 1.36 bits per heavy atom. The van der Waals surface area contributed by atoms with Crippen LogP contribution >= 0.6 is 0 Å². The summed E-state index contributed by atoms with van der Waals surface area (Å²) in [5, 5.41) is 0. The summed E-state index contributed by atoms with van der Waals surface area (Å²) >= 11 is 0. The molecule has 0 aromatic heterocycles. The number of halogens is 1. The van der Waals surface area contributed by atoms with E-state index in [2.05, 4.69) is 0 Å². The summed E-state index contributed by atoms with van der Waals surface area (Å²) in [6.07, 6.45) is 3.00. The zero-order valence-corrected chi connectivity index (χ0v) is 6.81. The smallest absolute Gasteiger partial charge is 0.111 e. The molecule has 0 unspecified atom stereocenters. The van der Waals surface area contributed by atoms with Crippen LogP contribution < -0.4 is 5.73 Å². The van der Waals surface area contributed by atoms with Crippen LogP contribution in [0.25, 0.3) is 0 Å². The second-order valence-corrected chi connectivity index (χ2v) is 3.16. The molecule has 1 fully saturated rings. The fourth-order valence-electron chi connectivity index (χ4n) is 1.06. The van der Waals surface area contributed by atoms with E-state index in [-0.39, 0.29) is 0 Å². The first-order chi connectivity index (χ1) is 5.27. The lowest BCUT2D eigenvalue weighted by Crippen LogP contribution is -2.10. The Morgan fingerprint density at radius 2 is 2.09 bits per heavy atom. The molecule has 1 aliphatic rings. The maximum atomic E-state index is 12.9. The molecule has 0 amide bonds. The van der Waals surface area contributed by atoms with E-state index in [0.717, 1.165) is 19.3 Å². The fourth-order valence-corrected chi connectivity index (χ4v) is 1.06. The van der Waals surface area contributed by atoms with Crippen LogP contribution in [-0.2, 0) is 4.74 Å². The number of ether oxygens (including phenoxy) is 1. The third-order valence-electron chi connectivity index (χ3n) is 1.97. The largest absolute Gasteiger partial charge is 0.380 e. The minimum absolute atomic E-state index is 0.556. The number of nitrogens with two attached hydrogens (primary N) is 1. The highest BCUT2D eigenvalue weighted by atomic mass is 19.1. The highest BCUT2D eigenvalue weighted by Crippen LogP contribution is 2.43. The van der Waals surface area contributed by atoms with Crippen molar-refractivity contribution >= 4 is 0 Å². The third-order valence-corrected chi connectivity index (χ3v) is 1.97. The number of hydrogen-bond acceptors (Lipinski definition) is 2. The van der Waals surface area contributed by atoms with Gasteiger partial charge in [-0.3, -0.25) is 0 Å². The molecule has 3 heteroatoms. The van der Waals surface area contributed by atoms with E-state index in [1.807, 2.05) is 0 Å². The van der Waals surface area contributed by atoms with Crippen LogP contribution in [0.15, 0.2) is 0 Å². The van der Waals surface area contributed by atoms with Gasteiger partial charge in [0.2, 0.25) is 0 Å². The Balaban J connectivity index is 1.81. The molecule has 0 aliphatic heterocycles. The monoisotopic (exact) mass is 161 g/mol. The average molecular weight is 161 g/mol. The molecule has 0 heterocycles. The molecule has 1 aliphatic carbocycles. The Labute approximate surface area is 66.9 Å². The van der Waals surface area contributed by atoms with Gasteiger partial charge in [0.25, 0.3) is 0 Å². The van der Waals surface area contributed by atoms with Crippen LogP contribution in [0.2, 0.25) is 0 Å². The van der Waals surface area contributed by atoms with Crippen LogP contribution in [-0.4, -0.2) is 25.4 Å². The van der Waals surface area contributed by atoms with E-state index >= 15 is 0 Å². The van der Waals surface area contributed by atoms with Gasteiger partial charge in [0.15, 0.2) is 0 Å². The van der Waals surface area contributed by atoms with E-state index < -0.39 is 5.67 Å². The lowest BCUT2D eigenvalue weighted by atomic mass is 10.2. The van der Waals surface area contributed by atoms with Crippen LogP contribution in [0.1, 0.15) is 25.7 Å². The molecule has 0 aromatic carbocycles. The molecule has 11 heavy (non-hydrogen) atoms. The summed E-state index contributed by atoms with van der Waals surface area (Å²) in [6.45, 7) is 1.81. The molecule has 1 saturated carbocycles. The van der Waals surface area contributed by atoms with Crippen molar-refractivity contribution < 1.29 is 9.13 Å². The number of alkyl halides is 1. The summed E-state index contributed by atoms with van der Waals surface area (Å²) in [6, 6.07) is 0. The van der Waals surface area contributed by atoms with Crippen molar-refractivity contribution in [2.75, 3.05) is 19.8 Å². The second kappa shape index (κ2) is 4.02. The van der Waals surface area contributed by atoms with Gasteiger partial charge in [-0.1, -0.05) is 0 Å². The first-order valence-electron chi connectivity index (χ1n) is 4.24. The highest BCUT2D eigenvalue weighted by Gasteiger charge is 2.41. The Morgan fingerprint density at radius 3 is 2.64 bits per heavy atom. The van der Waals surface area contributed by atoms with Crippen molar-refractivity contribution in [1.82, 2.24) is 0 Å². The zero-order valence-electron chi connectivity index (χ0n) is 6.81. The fraction of sp³-hybridized carbons (Fsp3) is 1.00. The number of rotatable bonds is 6. The highest BCUT2D eigenvalue weighted by molar-refractivity contribution is 4.93. The molecular formula is C8H16FNO. The Hall–Kier alpha value is -0.150. The van der Waals surface area contributed by atoms with Crippen molar-refractivity contribution in [3.63, 3.8) is 0 Å². The second-order valence-electron chi connectivity index (χ2n) is 3.16. The zero-order chi connectivity index (χ0) is 8.16. The normalized spacial score (nSPS) is 20.2. The molecule has 2 N–H and O–H groups in total. The summed E-state index contributed by atoms with van der Waals surface area (Å²) < 4.78 is 18.0. The van der Waals surface area contributed by atoms with Gasteiger partial charge in [-0.05, 0) is 25.7 Å². The van der Waals surface area contributed by atoms with Crippen molar-refractivity contribution in [3.8, 4) is 0 Å². The summed E-state index contributed by atoms with van der Waals surface area (Å²) in [5.74, 6) is 0. The van der Waals surface area contributed by atoms with E-state index in [0.29, 0.717) is 26.2 Å². The molecule has 0 spiro atoms. The Bertz CT molecular complexity index is 115. The molecule has 0 aromatic rings. The molecule has 0 atom stereocenters. The van der Waals surface area contributed by atoms with Crippen molar-refractivity contribution in [1.29, 1.82) is 0 Å². The molecular weight excluding hydrogens is 145 g/mol. The maximum Gasteiger partial charge on any atom is 0.111 e. The molecule has 66 valence electrons. The van der Waals surface area contributed by atoms with E-state index in [1.165, 1.54) is 0 Å². The summed E-state index contributed by atoms with van der Waals surface area (Å²) in [4.78, 5) is 0. The van der Waals surface area contributed by atoms with Gasteiger partial charge in [-0.25, -0.2) is 4.39 Å². The minimum Gasteiger partial charge on any atom is -0.380 e. The van der Waals surface area contributed by atoms with Crippen molar-refractivity contribution in [2.45, 2.75) is 31.4 Å². The topological polar surface area (TPSA) is 35.2 Å². The van der Waals surface area contributed by atoms with Crippen LogP contribution in [0.3, 0.4) is 0 Å². The SMILES string of the molecule is NCCOCCCC1(F)CC1. The summed E-state index contributed by atoms with van der Waals surface area (Å²) in [5.41, 5.74) is 4.40. The van der Waals surface area contributed by atoms with Gasteiger partial charge in [0.1, 0.15) is 5.67 Å². The van der Waals surface area contributed by atoms with E-state index in [1.54, 1.807) is 0 Å². The molecule has 2 nitrogen and oxygen atoms in total. The van der Waals surface area contributed by atoms with Gasteiger partial charge in [-0.2, -0.15) is 0 Å². The average Bonchev–Trinajstić information content (AvgIpc) is 2.69. The van der Waals surface area contributed by atoms with Crippen LogP contribution in [0.5, 0.6) is 0 Å².